The minimum atomic E-state index is -0.375. The summed E-state index contributed by atoms with van der Waals surface area (Å²) in [6.45, 7) is 4.70. The highest BCUT2D eigenvalue weighted by molar-refractivity contribution is 5.84. The average molecular weight is 413 g/mol. The highest BCUT2D eigenvalue weighted by Gasteiger charge is 2.15. The number of amides is 1. The quantitative estimate of drug-likeness (QED) is 0.354. The molecular weight excluding hydrogens is 372 g/mol. The Balaban J connectivity index is 0.00000729. The number of rotatable bonds is 15. The zero-order valence-electron chi connectivity index (χ0n) is 18.2. The van der Waals surface area contributed by atoms with Gasteiger partial charge in [-0.3, -0.25) is 5.32 Å². The zero-order chi connectivity index (χ0) is 19.8. The second-order valence-electron chi connectivity index (χ2n) is 8.19. The second kappa shape index (κ2) is 16.7. The van der Waals surface area contributed by atoms with Gasteiger partial charge >= 0.3 is 6.09 Å². The number of nitrogens with one attached hydrogen (secondary N) is 1. The van der Waals surface area contributed by atoms with Crippen molar-refractivity contribution in [2.75, 3.05) is 39.1 Å². The van der Waals surface area contributed by atoms with Gasteiger partial charge in [0.15, 0.2) is 0 Å². The Bertz CT molecular complexity index is 495. The van der Waals surface area contributed by atoms with Crippen molar-refractivity contribution in [3.05, 3.63) is 30.3 Å². The predicted molar refractivity (Wildman–Crippen MR) is 115 cm³/mol. The van der Waals surface area contributed by atoms with Crippen LogP contribution in [-0.4, -0.2) is 44.4 Å². The Hall–Kier alpha value is -1.26. The maximum Gasteiger partial charge on any atom is 0.411 e. The smallest absolute Gasteiger partial charge is 0.411 e. The van der Waals surface area contributed by atoms with E-state index in [2.05, 4.69) is 26.3 Å². The third-order valence-electron chi connectivity index (χ3n) is 5.07. The number of carbonyl (C=O) groups excluding carboxylic acids is 1. The minimum absolute atomic E-state index is 0. The van der Waals surface area contributed by atoms with E-state index in [0.29, 0.717) is 6.61 Å². The van der Waals surface area contributed by atoms with Gasteiger partial charge in [-0.05, 0) is 25.0 Å². The van der Waals surface area contributed by atoms with E-state index < -0.39 is 0 Å². The van der Waals surface area contributed by atoms with Crippen molar-refractivity contribution >= 4 is 11.8 Å². The van der Waals surface area contributed by atoms with E-state index in [1.54, 1.807) is 0 Å². The topological polar surface area (TPSA) is 38.3 Å². The van der Waals surface area contributed by atoms with Gasteiger partial charge in [0.05, 0.1) is 20.6 Å². The molecule has 1 N–H and O–H groups in total. The lowest BCUT2D eigenvalue weighted by atomic mass is 10.1. The number of likely N-dealkylation sites (N-methyl/N-ethyl adjacent to an activating group) is 1. The van der Waals surface area contributed by atoms with Gasteiger partial charge in [-0.1, -0.05) is 76.5 Å². The molecule has 0 aromatic heterocycles. The van der Waals surface area contributed by atoms with Gasteiger partial charge in [0, 0.05) is 5.69 Å². The molecule has 0 saturated heterocycles. The summed E-state index contributed by atoms with van der Waals surface area (Å²) in [5.41, 5.74) is 0.765. The number of hydrogen-bond acceptors (Lipinski definition) is 2. The lowest BCUT2D eigenvalue weighted by molar-refractivity contribution is -0.890. The highest BCUT2D eigenvalue weighted by atomic mass is 35.5. The summed E-state index contributed by atoms with van der Waals surface area (Å²) in [5.74, 6) is 0. The van der Waals surface area contributed by atoms with E-state index in [9.17, 15) is 4.79 Å². The lowest BCUT2D eigenvalue weighted by Gasteiger charge is -2.29. The summed E-state index contributed by atoms with van der Waals surface area (Å²) >= 11 is 0. The molecule has 1 aromatic carbocycles. The molecule has 162 valence electrons. The van der Waals surface area contributed by atoms with Crippen LogP contribution in [0, 0.1) is 0 Å². The standard InChI is InChI=1S/C23H40N2O2.ClH/c1-4-5-6-7-8-9-10-11-12-16-19-25(2,3)20-21-27-23(26)24-22-17-14-13-15-18-22;/h13-15,17-18H,4-12,16,19-21H2,1-3H3;1H. The van der Waals surface area contributed by atoms with Crippen LogP contribution in [0.1, 0.15) is 71.1 Å². The van der Waals surface area contributed by atoms with E-state index in [1.165, 1.54) is 64.2 Å². The van der Waals surface area contributed by atoms with E-state index in [-0.39, 0.29) is 18.5 Å². The lowest BCUT2D eigenvalue weighted by Crippen LogP contribution is -3.00. The van der Waals surface area contributed by atoms with Gasteiger partial charge in [-0.2, -0.15) is 0 Å². The number of hydrogen-bond donors (Lipinski definition) is 1. The van der Waals surface area contributed by atoms with Crippen LogP contribution in [0.2, 0.25) is 0 Å². The number of halogens is 1. The van der Waals surface area contributed by atoms with Crippen LogP contribution in [0.25, 0.3) is 0 Å². The predicted octanol–water partition coefficient (Wildman–Crippen LogP) is 3.24. The SMILES string of the molecule is CCCCCCCCCCCC[N+](C)(C)CCOC(=O)Nc1ccccc1.[Cl-]. The van der Waals surface area contributed by atoms with Crippen LogP contribution in [0.3, 0.4) is 0 Å². The maximum absolute atomic E-state index is 11.8. The number of ether oxygens (including phenoxy) is 1. The van der Waals surface area contributed by atoms with E-state index in [4.69, 9.17) is 4.74 Å². The number of para-hydroxylation sites is 1. The molecule has 4 nitrogen and oxygen atoms in total. The third-order valence-corrected chi connectivity index (χ3v) is 5.07. The molecule has 0 aliphatic rings. The van der Waals surface area contributed by atoms with E-state index in [0.717, 1.165) is 23.3 Å². The highest BCUT2D eigenvalue weighted by Crippen LogP contribution is 2.12. The molecule has 5 heteroatoms. The van der Waals surface area contributed by atoms with Crippen LogP contribution in [0.15, 0.2) is 30.3 Å². The Kier molecular flexibility index (Phi) is 15.9. The number of unbranched alkanes of at least 4 members (excludes halogenated alkanes) is 9. The molecule has 0 saturated carbocycles. The first-order valence-electron chi connectivity index (χ1n) is 10.8. The molecule has 0 aliphatic heterocycles. The molecule has 1 rings (SSSR count). The summed E-state index contributed by atoms with van der Waals surface area (Å²) in [6, 6.07) is 9.41. The van der Waals surface area contributed by atoms with Crippen molar-refractivity contribution in [1.82, 2.24) is 0 Å². The molecule has 0 bridgehead atoms. The first kappa shape index (κ1) is 26.7. The van der Waals surface area contributed by atoms with E-state index >= 15 is 0 Å². The molecule has 0 heterocycles. The van der Waals surface area contributed by atoms with Crippen molar-refractivity contribution in [3.63, 3.8) is 0 Å². The zero-order valence-corrected chi connectivity index (χ0v) is 19.0. The van der Waals surface area contributed by atoms with Crippen LogP contribution in [0.5, 0.6) is 0 Å². The molecular formula is C23H41ClN2O2. The summed E-state index contributed by atoms with van der Waals surface area (Å²) < 4.78 is 6.21. The molecule has 0 fully saturated rings. The number of nitrogens with zero attached hydrogens (tertiary/aromatic N) is 1. The van der Waals surface area contributed by atoms with Crippen LogP contribution in [0.4, 0.5) is 10.5 Å². The number of quaternary nitrogens is 1. The molecule has 0 spiro atoms. The molecule has 0 unspecified atom stereocenters. The van der Waals surface area contributed by atoms with Crippen molar-refractivity contribution < 1.29 is 26.4 Å². The van der Waals surface area contributed by atoms with Crippen molar-refractivity contribution in [2.45, 2.75) is 71.1 Å². The Morgan fingerprint density at radius 1 is 0.857 bits per heavy atom. The van der Waals surface area contributed by atoms with Crippen molar-refractivity contribution in [2.24, 2.45) is 0 Å². The van der Waals surface area contributed by atoms with Crippen molar-refractivity contribution in [1.29, 1.82) is 0 Å². The molecule has 1 aromatic rings. The van der Waals surface area contributed by atoms with Gasteiger partial charge in [-0.15, -0.1) is 0 Å². The van der Waals surface area contributed by atoms with Gasteiger partial charge in [0.1, 0.15) is 13.2 Å². The van der Waals surface area contributed by atoms with E-state index in [1.807, 2.05) is 30.3 Å². The van der Waals surface area contributed by atoms with Gasteiger partial charge < -0.3 is 21.6 Å². The monoisotopic (exact) mass is 412 g/mol. The maximum atomic E-state index is 11.8. The Morgan fingerprint density at radius 2 is 1.39 bits per heavy atom. The summed E-state index contributed by atoms with van der Waals surface area (Å²) in [6.07, 6.45) is 13.3. The fourth-order valence-electron chi connectivity index (χ4n) is 3.20. The van der Waals surface area contributed by atoms with Crippen LogP contribution >= 0.6 is 0 Å². The minimum Gasteiger partial charge on any atom is -1.00 e. The third kappa shape index (κ3) is 14.8. The molecule has 0 aliphatic carbocycles. The second-order valence-corrected chi connectivity index (χ2v) is 8.19. The molecule has 0 radical (unpaired) electrons. The van der Waals surface area contributed by atoms with Crippen molar-refractivity contribution in [3.8, 4) is 0 Å². The number of benzene rings is 1. The summed E-state index contributed by atoms with van der Waals surface area (Å²) in [4.78, 5) is 11.8. The fourth-order valence-corrected chi connectivity index (χ4v) is 3.20. The first-order chi connectivity index (χ1) is 13.0. The fraction of sp³-hybridized carbons (Fsp3) is 0.696. The normalized spacial score (nSPS) is 11.0. The van der Waals surface area contributed by atoms with Gasteiger partial charge in [0.2, 0.25) is 0 Å². The van der Waals surface area contributed by atoms with Crippen LogP contribution in [-0.2, 0) is 4.74 Å². The number of anilines is 1. The molecule has 28 heavy (non-hydrogen) atoms. The van der Waals surface area contributed by atoms with Gasteiger partial charge in [0.25, 0.3) is 0 Å². The summed E-state index contributed by atoms with van der Waals surface area (Å²) in [5, 5.41) is 2.75. The number of carbonyl (C=O) groups is 1. The summed E-state index contributed by atoms with van der Waals surface area (Å²) in [7, 11) is 4.43. The largest absolute Gasteiger partial charge is 1.00 e. The van der Waals surface area contributed by atoms with Gasteiger partial charge in [-0.25, -0.2) is 4.79 Å². The average Bonchev–Trinajstić information content (AvgIpc) is 2.64. The molecule has 1 amide bonds. The van der Waals surface area contributed by atoms with Crippen LogP contribution < -0.4 is 17.7 Å². The Morgan fingerprint density at radius 3 is 1.96 bits per heavy atom. The Labute approximate surface area is 179 Å². The molecule has 0 atom stereocenters. The first-order valence-corrected chi connectivity index (χ1v) is 10.8.